The number of aliphatic hydroxyl groups is 13. The Morgan fingerprint density at radius 2 is 0.911 bits per heavy atom. The highest BCUT2D eigenvalue weighted by molar-refractivity contribution is 5.73. The summed E-state index contributed by atoms with van der Waals surface area (Å²) in [5.74, 6) is -0.770. The van der Waals surface area contributed by atoms with Gasteiger partial charge in [-0.1, -0.05) is 0 Å². The highest BCUT2D eigenvalue weighted by Gasteiger charge is 2.57. The van der Waals surface area contributed by atoms with Crippen LogP contribution >= 0.6 is 0 Å². The second kappa shape index (κ2) is 18.9. The largest absolute Gasteiger partial charge is 0.394 e. The van der Waals surface area contributed by atoms with Crippen LogP contribution in [0.5, 0.6) is 0 Å². The van der Waals surface area contributed by atoms with Gasteiger partial charge < -0.3 is 114 Å². The highest BCUT2D eigenvalue weighted by Crippen LogP contribution is 2.37. The van der Waals surface area contributed by atoms with Crippen molar-refractivity contribution in [1.29, 1.82) is 0 Å². The lowest BCUT2D eigenvalue weighted by Crippen LogP contribution is -2.70. The third-order valence-electron chi connectivity index (χ3n) is 10.6. The van der Waals surface area contributed by atoms with E-state index in [0.717, 1.165) is 6.92 Å². The van der Waals surface area contributed by atoms with Gasteiger partial charge in [0, 0.05) is 6.92 Å². The van der Waals surface area contributed by atoms with Gasteiger partial charge in [0.1, 0.15) is 104 Å². The summed E-state index contributed by atoms with van der Waals surface area (Å²) in [7, 11) is 0. The van der Waals surface area contributed by atoms with E-state index in [0.29, 0.717) is 0 Å². The van der Waals surface area contributed by atoms with Crippen LogP contribution < -0.4 is 5.32 Å². The monoisotopic (exact) mass is 821 g/mol. The normalized spacial score (nSPS) is 53.1. The van der Waals surface area contributed by atoms with E-state index in [2.05, 4.69) is 5.32 Å². The molecule has 5 aliphatic rings. The summed E-state index contributed by atoms with van der Waals surface area (Å²) in [5.41, 5.74) is 0. The van der Waals surface area contributed by atoms with Gasteiger partial charge in [-0.3, -0.25) is 4.79 Å². The smallest absolute Gasteiger partial charge is 0.217 e. The highest BCUT2D eigenvalue weighted by atomic mass is 16.8. The van der Waals surface area contributed by atoms with Crippen LogP contribution in [0.1, 0.15) is 27.7 Å². The Balaban J connectivity index is 1.53. The summed E-state index contributed by atoms with van der Waals surface area (Å²) in [6, 6.07) is -1.64. The minimum atomic E-state index is -2.01. The Morgan fingerprint density at radius 1 is 0.464 bits per heavy atom. The molecule has 0 unspecified atom stereocenters. The third-order valence-corrected chi connectivity index (χ3v) is 10.6. The Labute approximate surface area is 319 Å². The maximum atomic E-state index is 12.6. The number of aliphatic hydroxyl groups excluding tert-OH is 13. The summed E-state index contributed by atoms with van der Waals surface area (Å²) in [6.45, 7) is 3.36. The maximum absolute atomic E-state index is 12.6. The van der Waals surface area contributed by atoms with Crippen molar-refractivity contribution in [2.24, 2.45) is 0 Å². The molecule has 56 heavy (non-hydrogen) atoms. The first kappa shape index (κ1) is 45.7. The van der Waals surface area contributed by atoms with Crippen molar-refractivity contribution < 1.29 is 114 Å². The van der Waals surface area contributed by atoms with Crippen LogP contribution in [0.2, 0.25) is 0 Å². The molecule has 5 rings (SSSR count). The Morgan fingerprint density at radius 3 is 1.52 bits per heavy atom. The average Bonchev–Trinajstić information content (AvgIpc) is 3.15. The van der Waals surface area contributed by atoms with E-state index in [-0.39, 0.29) is 0 Å². The molecule has 25 atom stereocenters. The Hall–Kier alpha value is -1.41. The molecule has 0 saturated carbocycles. The van der Waals surface area contributed by atoms with Crippen LogP contribution in [0.3, 0.4) is 0 Å². The van der Waals surface area contributed by atoms with Gasteiger partial charge >= 0.3 is 0 Å². The molecule has 24 heteroatoms. The van der Waals surface area contributed by atoms with Gasteiger partial charge in [0.15, 0.2) is 31.5 Å². The van der Waals surface area contributed by atoms with E-state index >= 15 is 0 Å². The molecule has 14 N–H and O–H groups in total. The van der Waals surface area contributed by atoms with E-state index < -0.39 is 173 Å². The molecule has 0 bridgehead atoms. The molecule has 0 aromatic heterocycles. The van der Waals surface area contributed by atoms with Gasteiger partial charge in [0.05, 0.1) is 31.5 Å². The predicted molar refractivity (Wildman–Crippen MR) is 174 cm³/mol. The molecule has 5 heterocycles. The van der Waals surface area contributed by atoms with Crippen molar-refractivity contribution in [1.82, 2.24) is 5.32 Å². The van der Waals surface area contributed by atoms with Gasteiger partial charge in [0.25, 0.3) is 0 Å². The van der Waals surface area contributed by atoms with Crippen molar-refractivity contribution >= 4 is 5.91 Å². The Bertz CT molecular complexity index is 1270. The van der Waals surface area contributed by atoms with Gasteiger partial charge in [0.2, 0.25) is 5.91 Å². The van der Waals surface area contributed by atoms with E-state index in [1.807, 2.05) is 0 Å². The third kappa shape index (κ3) is 9.31. The average molecular weight is 822 g/mol. The molecular formula is C32H55NO23. The minimum Gasteiger partial charge on any atom is -0.394 e. The zero-order valence-electron chi connectivity index (χ0n) is 30.7. The standard InChI is InChI=1S/C32H55NO23/c1-7-15(38)21(44)26(28(47)48-7)55-32-27(25(16(39)9(3)50-32)54-31-23(46)20(43)17(40)11(5-34)52-31)56-29-13(33-10(4)36)24(18(41)12(6-35)51-29)53-30-22(45)19(42)14(37)8(2)49-30/h7-9,11-32,34-35,37-47H,5-6H2,1-4H3,(H,33,36)/t7-,8-,9-,11+,12+,13+,14-,15-,16-,17+,18+,19+,20-,21+,22+,23+,24+,25+,26+,27+,28+,29-,30-,31+,32-/m0/s1. The second-order valence-electron chi connectivity index (χ2n) is 14.6. The van der Waals surface area contributed by atoms with Crippen molar-refractivity contribution in [3.63, 3.8) is 0 Å². The molecule has 0 aromatic rings. The van der Waals surface area contributed by atoms with Gasteiger partial charge in [-0.25, -0.2) is 0 Å². The van der Waals surface area contributed by atoms with Crippen LogP contribution in [0.4, 0.5) is 0 Å². The van der Waals surface area contributed by atoms with Crippen molar-refractivity contribution in [3.05, 3.63) is 0 Å². The second-order valence-corrected chi connectivity index (χ2v) is 14.6. The van der Waals surface area contributed by atoms with Gasteiger partial charge in [-0.15, -0.1) is 0 Å². The molecule has 5 fully saturated rings. The fourth-order valence-electron chi connectivity index (χ4n) is 7.22. The zero-order valence-corrected chi connectivity index (χ0v) is 30.7. The lowest BCUT2D eigenvalue weighted by molar-refractivity contribution is -0.403. The lowest BCUT2D eigenvalue weighted by atomic mass is 9.94. The number of hydrogen-bond donors (Lipinski definition) is 14. The van der Waals surface area contributed by atoms with Crippen molar-refractivity contribution in [3.8, 4) is 0 Å². The minimum absolute atomic E-state index is 0.770. The predicted octanol–water partition coefficient (Wildman–Crippen LogP) is -8.70. The van der Waals surface area contributed by atoms with Crippen molar-refractivity contribution in [2.75, 3.05) is 13.2 Å². The lowest BCUT2D eigenvalue weighted by Gasteiger charge is -2.51. The fourth-order valence-corrected chi connectivity index (χ4v) is 7.22. The Kier molecular flexibility index (Phi) is 15.4. The molecule has 0 radical (unpaired) electrons. The zero-order chi connectivity index (χ0) is 41.5. The van der Waals surface area contributed by atoms with E-state index in [4.69, 9.17) is 42.6 Å². The van der Waals surface area contributed by atoms with E-state index in [9.17, 15) is 71.2 Å². The van der Waals surface area contributed by atoms with Crippen LogP contribution in [0.25, 0.3) is 0 Å². The molecule has 326 valence electrons. The molecule has 0 spiro atoms. The van der Waals surface area contributed by atoms with Crippen LogP contribution in [-0.2, 0) is 47.4 Å². The fraction of sp³-hybridized carbons (Fsp3) is 0.969. The summed E-state index contributed by atoms with van der Waals surface area (Å²) < 4.78 is 52.1. The SMILES string of the molecule is CC(=O)N[C@H]1[C@H](O[C@H]2[C@H](O[C@@H]3[C@H](O)[C@@H](O)[C@H](C)O[C@H]3O)O[C@@H](C)[C@H](O)[C@H]2O[C@H]2O[C@H](CO)[C@@H](O)[C@H](O)[C@H]2O)O[C@H](CO)[C@@H](O)[C@@H]1O[C@@H]1O[C@@H](C)[C@H](O)[C@@H](O)[C@H]1O. The molecule has 5 saturated heterocycles. The number of carbonyl (C=O) groups excluding carboxylic acids is 1. The first-order chi connectivity index (χ1) is 26.3. The van der Waals surface area contributed by atoms with E-state index in [1.54, 1.807) is 0 Å². The molecule has 24 nitrogen and oxygen atoms in total. The molecule has 0 aliphatic carbocycles. The summed E-state index contributed by atoms with van der Waals surface area (Å²) in [6.07, 6.45) is -40.9. The van der Waals surface area contributed by atoms with E-state index in [1.165, 1.54) is 20.8 Å². The van der Waals surface area contributed by atoms with Crippen molar-refractivity contribution in [2.45, 2.75) is 181 Å². The first-order valence-electron chi connectivity index (χ1n) is 18.2. The molecular weight excluding hydrogens is 766 g/mol. The molecule has 1 amide bonds. The first-order valence-corrected chi connectivity index (χ1v) is 18.2. The summed E-state index contributed by atoms with van der Waals surface area (Å²) >= 11 is 0. The quantitative estimate of drug-likeness (QED) is 0.0920. The molecule has 0 aromatic carbocycles. The molecule has 5 aliphatic heterocycles. The van der Waals surface area contributed by atoms with Gasteiger partial charge in [-0.2, -0.15) is 0 Å². The number of carbonyl (C=O) groups is 1. The van der Waals surface area contributed by atoms with Crippen LogP contribution in [-0.4, -0.2) is 239 Å². The summed E-state index contributed by atoms with van der Waals surface area (Å²) in [5, 5.41) is 140. The number of rotatable bonds is 11. The number of nitrogens with one attached hydrogen (secondary N) is 1. The number of hydrogen-bond acceptors (Lipinski definition) is 23. The number of amides is 1. The van der Waals surface area contributed by atoms with Crippen LogP contribution in [0, 0.1) is 0 Å². The number of ether oxygens (including phenoxy) is 9. The topological polar surface area (TPSA) is 375 Å². The van der Waals surface area contributed by atoms with Gasteiger partial charge in [-0.05, 0) is 20.8 Å². The summed E-state index contributed by atoms with van der Waals surface area (Å²) in [4.78, 5) is 12.6. The van der Waals surface area contributed by atoms with Crippen LogP contribution in [0.15, 0.2) is 0 Å². The maximum Gasteiger partial charge on any atom is 0.217 e.